The summed E-state index contributed by atoms with van der Waals surface area (Å²) in [6.07, 6.45) is 6.23. The van der Waals surface area contributed by atoms with E-state index < -0.39 is 0 Å². The van der Waals surface area contributed by atoms with E-state index in [1.807, 2.05) is 86.7 Å². The van der Waals surface area contributed by atoms with Crippen LogP contribution in [0, 0.1) is 5.92 Å². The molecule has 3 rings (SSSR count). The Kier molecular flexibility index (Phi) is 6.68. The molecular formula is C24H25N3O. The molecule has 142 valence electrons. The van der Waals surface area contributed by atoms with Crippen LogP contribution in [0.25, 0.3) is 23.4 Å². The van der Waals surface area contributed by atoms with Gasteiger partial charge in [0.05, 0.1) is 18.4 Å². The van der Waals surface area contributed by atoms with Gasteiger partial charge >= 0.3 is 0 Å². The van der Waals surface area contributed by atoms with E-state index in [9.17, 15) is 4.79 Å². The van der Waals surface area contributed by atoms with Crippen LogP contribution in [0.5, 0.6) is 0 Å². The monoisotopic (exact) mass is 371 g/mol. The maximum atomic E-state index is 12.1. The largest absolute Gasteiger partial charge is 0.361 e. The molecule has 0 bridgehead atoms. The number of carbonyl (C=O) groups is 1. The van der Waals surface area contributed by atoms with E-state index >= 15 is 0 Å². The molecule has 0 aliphatic rings. The Morgan fingerprint density at radius 2 is 1.68 bits per heavy atom. The Labute approximate surface area is 166 Å². The van der Waals surface area contributed by atoms with Crippen LogP contribution in [0.3, 0.4) is 0 Å². The van der Waals surface area contributed by atoms with Crippen LogP contribution in [0.1, 0.15) is 31.5 Å². The fraction of sp³-hybridized carbons (Fsp3) is 0.208. The molecule has 0 atom stereocenters. The van der Waals surface area contributed by atoms with Gasteiger partial charge in [0, 0.05) is 12.0 Å². The van der Waals surface area contributed by atoms with Crippen molar-refractivity contribution in [2.45, 2.75) is 20.3 Å². The highest BCUT2D eigenvalue weighted by Gasteiger charge is 2.10. The number of nitrogens with zero attached hydrogens (tertiary/aromatic N) is 2. The molecule has 4 nitrogen and oxygen atoms in total. The zero-order chi connectivity index (χ0) is 19.8. The predicted molar refractivity (Wildman–Crippen MR) is 116 cm³/mol. The highest BCUT2D eigenvalue weighted by molar-refractivity contribution is 5.84. The Morgan fingerprint density at radius 3 is 2.36 bits per heavy atom. The molecule has 0 unspecified atom stereocenters. The van der Waals surface area contributed by atoms with Gasteiger partial charge in [-0.15, -0.1) is 0 Å². The fourth-order valence-corrected chi connectivity index (χ4v) is 2.85. The van der Waals surface area contributed by atoms with Crippen LogP contribution >= 0.6 is 0 Å². The van der Waals surface area contributed by atoms with Gasteiger partial charge in [0.25, 0.3) is 0 Å². The summed E-state index contributed by atoms with van der Waals surface area (Å²) in [6, 6.07) is 20.0. The lowest BCUT2D eigenvalue weighted by molar-refractivity contribution is -0.118. The van der Waals surface area contributed by atoms with E-state index in [4.69, 9.17) is 4.98 Å². The van der Waals surface area contributed by atoms with Crippen molar-refractivity contribution in [2.24, 2.45) is 5.92 Å². The van der Waals surface area contributed by atoms with E-state index in [0.717, 1.165) is 16.8 Å². The van der Waals surface area contributed by atoms with Crippen molar-refractivity contribution in [3.05, 3.63) is 78.1 Å². The van der Waals surface area contributed by atoms with Crippen molar-refractivity contribution in [3.63, 3.8) is 0 Å². The molecule has 0 aliphatic carbocycles. The smallest absolute Gasteiger partial charge is 0.152 e. The summed E-state index contributed by atoms with van der Waals surface area (Å²) in [6.45, 7) is 4.34. The number of anilines is 1. The number of ketones is 1. The van der Waals surface area contributed by atoms with Gasteiger partial charge in [0.2, 0.25) is 0 Å². The van der Waals surface area contributed by atoms with Crippen molar-refractivity contribution >= 4 is 23.8 Å². The molecule has 1 heterocycles. The van der Waals surface area contributed by atoms with E-state index in [2.05, 4.69) is 10.3 Å². The summed E-state index contributed by atoms with van der Waals surface area (Å²) in [4.78, 5) is 21.4. The van der Waals surface area contributed by atoms with Crippen LogP contribution in [0.15, 0.2) is 66.9 Å². The van der Waals surface area contributed by atoms with E-state index in [0.29, 0.717) is 23.9 Å². The number of carbonyl (C=O) groups excluding carboxylic acids is 1. The zero-order valence-electron chi connectivity index (χ0n) is 16.3. The lowest BCUT2D eigenvalue weighted by Gasteiger charge is -2.10. The van der Waals surface area contributed by atoms with Gasteiger partial charge in [0.15, 0.2) is 11.6 Å². The minimum atomic E-state index is 0.168. The second kappa shape index (κ2) is 9.60. The first-order valence-electron chi connectivity index (χ1n) is 9.53. The summed E-state index contributed by atoms with van der Waals surface area (Å²) >= 11 is 0. The third kappa shape index (κ3) is 5.61. The third-order valence-corrected chi connectivity index (χ3v) is 4.19. The van der Waals surface area contributed by atoms with Crippen LogP contribution in [0.2, 0.25) is 0 Å². The van der Waals surface area contributed by atoms with Gasteiger partial charge < -0.3 is 5.32 Å². The topological polar surface area (TPSA) is 54.9 Å². The number of rotatable bonds is 8. The highest BCUT2D eigenvalue weighted by Crippen LogP contribution is 2.21. The minimum absolute atomic E-state index is 0.168. The summed E-state index contributed by atoms with van der Waals surface area (Å²) < 4.78 is 0. The number of hydrogen-bond donors (Lipinski definition) is 1. The molecule has 0 amide bonds. The first kappa shape index (κ1) is 19.5. The van der Waals surface area contributed by atoms with Crippen molar-refractivity contribution in [1.82, 2.24) is 9.97 Å². The molecule has 0 fully saturated rings. The SMILES string of the molecule is CC(C)CC(=O)CNc1ncc(-c2ccccc2)nc1/C=C/c1ccccc1. The number of nitrogens with one attached hydrogen (secondary N) is 1. The molecule has 1 N–H and O–H groups in total. The minimum Gasteiger partial charge on any atom is -0.361 e. The first-order valence-corrected chi connectivity index (χ1v) is 9.53. The average Bonchev–Trinajstić information content (AvgIpc) is 2.72. The van der Waals surface area contributed by atoms with Gasteiger partial charge in [-0.1, -0.05) is 80.6 Å². The fourth-order valence-electron chi connectivity index (χ4n) is 2.85. The number of benzene rings is 2. The van der Waals surface area contributed by atoms with Crippen molar-refractivity contribution in [3.8, 4) is 11.3 Å². The van der Waals surface area contributed by atoms with E-state index in [1.54, 1.807) is 6.20 Å². The Bertz CT molecular complexity index is 935. The predicted octanol–water partition coefficient (Wildman–Crippen LogP) is 5.34. The second-order valence-electron chi connectivity index (χ2n) is 7.09. The summed E-state index contributed by atoms with van der Waals surface area (Å²) in [5.41, 5.74) is 3.60. The molecule has 0 radical (unpaired) electrons. The lowest BCUT2D eigenvalue weighted by Crippen LogP contribution is -2.17. The normalized spacial score (nSPS) is 11.1. The van der Waals surface area contributed by atoms with Crippen molar-refractivity contribution < 1.29 is 4.79 Å². The van der Waals surface area contributed by atoms with Crippen LogP contribution in [-0.2, 0) is 4.79 Å². The maximum absolute atomic E-state index is 12.1. The summed E-state index contributed by atoms with van der Waals surface area (Å²) in [5, 5.41) is 3.16. The Balaban J connectivity index is 1.87. The van der Waals surface area contributed by atoms with Gasteiger partial charge in [-0.25, -0.2) is 9.97 Å². The molecule has 1 aromatic heterocycles. The molecule has 2 aromatic carbocycles. The van der Waals surface area contributed by atoms with E-state index in [1.165, 1.54) is 0 Å². The number of aromatic nitrogens is 2. The van der Waals surface area contributed by atoms with Crippen LogP contribution in [-0.4, -0.2) is 22.3 Å². The van der Waals surface area contributed by atoms with Gasteiger partial charge in [-0.2, -0.15) is 0 Å². The zero-order valence-corrected chi connectivity index (χ0v) is 16.3. The standard InChI is InChI=1S/C24H25N3O/c1-18(2)15-21(28)16-25-24-22(14-13-19-9-5-3-6-10-19)27-23(17-26-24)20-11-7-4-8-12-20/h3-14,17-18H,15-16H2,1-2H3,(H,25,26)/b14-13+. The van der Waals surface area contributed by atoms with E-state index in [-0.39, 0.29) is 12.3 Å². The van der Waals surface area contributed by atoms with Crippen LogP contribution < -0.4 is 5.32 Å². The van der Waals surface area contributed by atoms with Gasteiger partial charge in [-0.3, -0.25) is 4.79 Å². The number of Topliss-reactive ketones (excluding diaryl/α,β-unsaturated/α-hetero) is 1. The third-order valence-electron chi connectivity index (χ3n) is 4.19. The molecule has 0 saturated heterocycles. The highest BCUT2D eigenvalue weighted by atomic mass is 16.1. The van der Waals surface area contributed by atoms with Gasteiger partial charge in [0.1, 0.15) is 5.69 Å². The first-order chi connectivity index (χ1) is 13.6. The van der Waals surface area contributed by atoms with Crippen molar-refractivity contribution in [1.29, 1.82) is 0 Å². The van der Waals surface area contributed by atoms with Gasteiger partial charge in [-0.05, 0) is 17.6 Å². The Morgan fingerprint density at radius 1 is 1.00 bits per heavy atom. The summed E-state index contributed by atoms with van der Waals surface area (Å²) in [5.74, 6) is 1.13. The average molecular weight is 371 g/mol. The summed E-state index contributed by atoms with van der Waals surface area (Å²) in [7, 11) is 0. The quantitative estimate of drug-likeness (QED) is 0.580. The molecule has 3 aromatic rings. The number of hydrogen-bond acceptors (Lipinski definition) is 4. The lowest BCUT2D eigenvalue weighted by atomic mass is 10.1. The second-order valence-corrected chi connectivity index (χ2v) is 7.09. The molecule has 0 saturated carbocycles. The van der Waals surface area contributed by atoms with Crippen molar-refractivity contribution in [2.75, 3.05) is 11.9 Å². The van der Waals surface area contributed by atoms with Crippen LogP contribution in [0.4, 0.5) is 5.82 Å². The molecule has 0 spiro atoms. The molecule has 4 heteroatoms. The Hall–Kier alpha value is -3.27. The maximum Gasteiger partial charge on any atom is 0.152 e. The molecular weight excluding hydrogens is 346 g/mol. The molecule has 28 heavy (non-hydrogen) atoms. The molecule has 0 aliphatic heterocycles.